The van der Waals surface area contributed by atoms with E-state index in [1.165, 1.54) is 24.3 Å². The van der Waals surface area contributed by atoms with E-state index in [4.69, 9.17) is 0 Å². The van der Waals surface area contributed by atoms with Crippen molar-refractivity contribution in [3.8, 4) is 5.75 Å². The van der Waals surface area contributed by atoms with Crippen molar-refractivity contribution in [1.29, 1.82) is 0 Å². The molecule has 1 aliphatic rings. The molecule has 0 aliphatic carbocycles. The fourth-order valence-corrected chi connectivity index (χ4v) is 3.67. The fraction of sp³-hybridized carbons (Fsp3) is 0.235. The number of fused-ring (bicyclic) bond motifs is 1. The van der Waals surface area contributed by atoms with Gasteiger partial charge in [0.25, 0.3) is 5.91 Å². The summed E-state index contributed by atoms with van der Waals surface area (Å²) in [6, 6.07) is 9.53. The summed E-state index contributed by atoms with van der Waals surface area (Å²) in [5.74, 6) is -0.317. The third kappa shape index (κ3) is 3.66. The van der Waals surface area contributed by atoms with Gasteiger partial charge in [0, 0.05) is 22.2 Å². The minimum atomic E-state index is -4.71. The normalized spacial score (nSPS) is 14.0. The van der Waals surface area contributed by atoms with E-state index in [1.54, 1.807) is 4.90 Å². The summed E-state index contributed by atoms with van der Waals surface area (Å²) in [6.07, 6.45) is -4.71. The summed E-state index contributed by atoms with van der Waals surface area (Å²) in [4.78, 5) is 14.2. The zero-order valence-corrected chi connectivity index (χ0v) is 14.8. The van der Waals surface area contributed by atoms with Crippen LogP contribution in [-0.2, 0) is 13.1 Å². The highest BCUT2D eigenvalue weighted by Crippen LogP contribution is 2.29. The maximum absolute atomic E-state index is 12.5. The van der Waals surface area contributed by atoms with Gasteiger partial charge in [0.15, 0.2) is 0 Å². The van der Waals surface area contributed by atoms with Gasteiger partial charge in [0.05, 0.1) is 0 Å². The lowest BCUT2D eigenvalue weighted by molar-refractivity contribution is -0.274. The van der Waals surface area contributed by atoms with Gasteiger partial charge in [-0.05, 0) is 70.5 Å². The van der Waals surface area contributed by atoms with E-state index in [-0.39, 0.29) is 11.7 Å². The van der Waals surface area contributed by atoms with Crippen LogP contribution in [0.5, 0.6) is 5.75 Å². The molecule has 0 unspecified atom stereocenters. The number of hydrogen-bond donors (Lipinski definition) is 0. The van der Waals surface area contributed by atoms with Crippen LogP contribution >= 0.6 is 22.6 Å². The third-order valence-electron chi connectivity index (χ3n) is 3.77. The smallest absolute Gasteiger partial charge is 0.406 e. The summed E-state index contributed by atoms with van der Waals surface area (Å²) >= 11 is 2.22. The highest BCUT2D eigenvalue weighted by molar-refractivity contribution is 14.1. The Balaban J connectivity index is 1.74. The van der Waals surface area contributed by atoms with Crippen molar-refractivity contribution in [2.24, 2.45) is 0 Å². The van der Waals surface area contributed by atoms with Gasteiger partial charge < -0.3 is 9.64 Å². The van der Waals surface area contributed by atoms with Crippen LogP contribution in [0, 0.1) is 10.5 Å². The number of carbonyl (C=O) groups is 1. The second-order valence-electron chi connectivity index (χ2n) is 5.61. The Morgan fingerprint density at radius 3 is 2.50 bits per heavy atom. The standard InChI is InChI=1S/C17H13F3INO2/c1-10-6-13(21)7-12-9-22(16(23)15(10)12)8-11-2-4-14(5-3-11)24-17(18,19)20/h2-7H,8-9H2,1H3. The molecule has 0 saturated heterocycles. The Kier molecular flexibility index (Phi) is 4.46. The van der Waals surface area contributed by atoms with E-state index in [2.05, 4.69) is 27.3 Å². The molecule has 0 atom stereocenters. The lowest BCUT2D eigenvalue weighted by Gasteiger charge is -2.16. The molecule has 0 radical (unpaired) electrons. The summed E-state index contributed by atoms with van der Waals surface area (Å²) in [6.45, 7) is 2.76. The number of hydrogen-bond acceptors (Lipinski definition) is 2. The van der Waals surface area contributed by atoms with E-state index in [0.717, 1.165) is 25.8 Å². The summed E-state index contributed by atoms with van der Waals surface area (Å²) < 4.78 is 41.4. The van der Waals surface area contributed by atoms with Crippen molar-refractivity contribution in [3.05, 3.63) is 62.2 Å². The van der Waals surface area contributed by atoms with Gasteiger partial charge in [0.1, 0.15) is 5.75 Å². The van der Waals surface area contributed by atoms with Crippen LogP contribution in [0.15, 0.2) is 36.4 Å². The molecular weight excluding hydrogens is 434 g/mol. The van der Waals surface area contributed by atoms with E-state index in [1.807, 2.05) is 19.1 Å². The number of aryl methyl sites for hydroxylation is 1. The monoisotopic (exact) mass is 447 g/mol. The second-order valence-corrected chi connectivity index (χ2v) is 6.86. The Bertz CT molecular complexity index is 788. The maximum Gasteiger partial charge on any atom is 0.573 e. The molecule has 1 aliphatic heterocycles. The third-order valence-corrected chi connectivity index (χ3v) is 4.40. The molecule has 7 heteroatoms. The molecule has 0 saturated carbocycles. The first-order valence-electron chi connectivity index (χ1n) is 7.16. The van der Waals surface area contributed by atoms with Crippen LogP contribution in [0.2, 0.25) is 0 Å². The first-order chi connectivity index (χ1) is 11.2. The van der Waals surface area contributed by atoms with Crippen molar-refractivity contribution in [2.45, 2.75) is 26.4 Å². The van der Waals surface area contributed by atoms with E-state index in [9.17, 15) is 18.0 Å². The number of ether oxygens (including phenoxy) is 1. The lowest BCUT2D eigenvalue weighted by atomic mass is 10.0. The predicted molar refractivity (Wildman–Crippen MR) is 90.6 cm³/mol. The maximum atomic E-state index is 12.5. The Labute approximate surface area is 150 Å². The molecule has 1 heterocycles. The largest absolute Gasteiger partial charge is 0.573 e. The molecule has 3 nitrogen and oxygen atoms in total. The average molecular weight is 447 g/mol. The Hall–Kier alpha value is -1.77. The molecule has 0 aromatic heterocycles. The SMILES string of the molecule is Cc1cc(I)cc2c1C(=O)N(Cc1ccc(OC(F)(F)F)cc1)C2. The summed E-state index contributed by atoms with van der Waals surface area (Å²) in [7, 11) is 0. The van der Waals surface area contributed by atoms with Gasteiger partial charge in [0.2, 0.25) is 0 Å². The predicted octanol–water partition coefficient (Wildman–Crippen LogP) is 4.65. The Morgan fingerprint density at radius 1 is 1.21 bits per heavy atom. The molecule has 3 rings (SSSR count). The van der Waals surface area contributed by atoms with Crippen LogP contribution in [0.3, 0.4) is 0 Å². The van der Waals surface area contributed by atoms with Crippen molar-refractivity contribution in [3.63, 3.8) is 0 Å². The van der Waals surface area contributed by atoms with Crippen LogP contribution in [0.4, 0.5) is 13.2 Å². The highest BCUT2D eigenvalue weighted by Gasteiger charge is 2.31. The molecule has 0 N–H and O–H groups in total. The van der Waals surface area contributed by atoms with E-state index >= 15 is 0 Å². The highest BCUT2D eigenvalue weighted by atomic mass is 127. The summed E-state index contributed by atoms with van der Waals surface area (Å²) in [5, 5.41) is 0. The molecule has 2 aromatic rings. The number of rotatable bonds is 3. The van der Waals surface area contributed by atoms with Crippen LogP contribution < -0.4 is 4.74 Å². The number of carbonyl (C=O) groups excluding carboxylic acids is 1. The van der Waals surface area contributed by atoms with Gasteiger partial charge in [-0.3, -0.25) is 4.79 Å². The topological polar surface area (TPSA) is 29.5 Å². The number of benzene rings is 2. The molecule has 0 fully saturated rings. The minimum absolute atomic E-state index is 0.0467. The zero-order chi connectivity index (χ0) is 17.5. The van der Waals surface area contributed by atoms with Crippen LogP contribution in [-0.4, -0.2) is 17.2 Å². The van der Waals surface area contributed by atoms with Gasteiger partial charge in [-0.1, -0.05) is 12.1 Å². The van der Waals surface area contributed by atoms with Crippen LogP contribution in [0.25, 0.3) is 0 Å². The van der Waals surface area contributed by atoms with Gasteiger partial charge in [-0.15, -0.1) is 13.2 Å². The molecule has 126 valence electrons. The average Bonchev–Trinajstić information content (AvgIpc) is 2.76. The van der Waals surface area contributed by atoms with E-state index < -0.39 is 6.36 Å². The number of nitrogens with zero attached hydrogens (tertiary/aromatic N) is 1. The van der Waals surface area contributed by atoms with Gasteiger partial charge in [-0.25, -0.2) is 0 Å². The molecule has 0 bridgehead atoms. The quantitative estimate of drug-likeness (QED) is 0.642. The fourth-order valence-electron chi connectivity index (χ4n) is 2.82. The summed E-state index contributed by atoms with van der Waals surface area (Å²) in [5.41, 5.74) is 3.41. The number of halogens is 4. The van der Waals surface area contributed by atoms with Crippen LogP contribution in [0.1, 0.15) is 27.0 Å². The molecular formula is C17H13F3INO2. The zero-order valence-electron chi connectivity index (χ0n) is 12.7. The Morgan fingerprint density at radius 2 is 1.88 bits per heavy atom. The van der Waals surface area contributed by atoms with Crippen molar-refractivity contribution in [2.75, 3.05) is 0 Å². The second kappa shape index (κ2) is 6.27. The first kappa shape index (κ1) is 17.1. The first-order valence-corrected chi connectivity index (χ1v) is 8.24. The van der Waals surface area contributed by atoms with Crippen molar-refractivity contribution < 1.29 is 22.7 Å². The van der Waals surface area contributed by atoms with Gasteiger partial charge in [-0.2, -0.15) is 0 Å². The van der Waals surface area contributed by atoms with E-state index in [0.29, 0.717) is 13.1 Å². The minimum Gasteiger partial charge on any atom is -0.406 e. The van der Waals surface area contributed by atoms with Crippen molar-refractivity contribution in [1.82, 2.24) is 4.90 Å². The molecule has 2 aromatic carbocycles. The molecule has 24 heavy (non-hydrogen) atoms. The number of alkyl halides is 3. The molecule has 0 spiro atoms. The van der Waals surface area contributed by atoms with Gasteiger partial charge >= 0.3 is 6.36 Å². The number of amides is 1. The molecule has 1 amide bonds. The van der Waals surface area contributed by atoms with Crippen molar-refractivity contribution >= 4 is 28.5 Å². The lowest BCUT2D eigenvalue weighted by Crippen LogP contribution is -2.23.